The highest BCUT2D eigenvalue weighted by molar-refractivity contribution is 5.98. The number of nitrogens with two attached hydrogens (primary N) is 3. The van der Waals surface area contributed by atoms with Crippen LogP contribution in [0.5, 0.6) is 0 Å². The van der Waals surface area contributed by atoms with Crippen LogP contribution in [0.15, 0.2) is 0 Å². The summed E-state index contributed by atoms with van der Waals surface area (Å²) < 4.78 is 0. The van der Waals surface area contributed by atoms with Crippen molar-refractivity contribution < 1.29 is 63.3 Å². The molecule has 316 valence electrons. The summed E-state index contributed by atoms with van der Waals surface area (Å²) in [5, 5.41) is 40.8. The summed E-state index contributed by atoms with van der Waals surface area (Å²) >= 11 is 0. The molecule has 0 saturated carbocycles. The number of carboxylic acids is 2. The van der Waals surface area contributed by atoms with Crippen molar-refractivity contribution in [3.8, 4) is 0 Å². The van der Waals surface area contributed by atoms with E-state index in [0.29, 0.717) is 6.42 Å². The molecule has 7 atom stereocenters. The molecule has 0 aromatic rings. The molecule has 1 fully saturated rings. The van der Waals surface area contributed by atoms with Gasteiger partial charge in [0.15, 0.2) is 0 Å². The zero-order chi connectivity index (χ0) is 42.9. The number of aliphatic hydroxyl groups excluding tert-OH is 1. The average Bonchev–Trinajstić information content (AvgIpc) is 3.59. The minimum absolute atomic E-state index is 0.0183. The number of hydrogen-bond acceptors (Lipinski definition) is 12. The van der Waals surface area contributed by atoms with Crippen molar-refractivity contribution in [3.63, 3.8) is 0 Å². The molecule has 22 heteroatoms. The van der Waals surface area contributed by atoms with Gasteiger partial charge in [0.2, 0.25) is 47.3 Å². The Hall–Kier alpha value is -5.38. The number of aliphatic carboxylic acids is 2. The third kappa shape index (κ3) is 17.0. The number of carbonyl (C=O) groups is 10. The number of nitrogens with zero attached hydrogens (tertiary/aromatic N) is 1. The highest BCUT2D eigenvalue weighted by Gasteiger charge is 2.40. The maximum atomic E-state index is 13.7. The standard InChI is InChI=1S/C34H57N9O13/c1-16(2)12-21(31(52)41-22(34(55)56)13-17(3)4)40-32(53)24-6-5-11-43(24)33(54)23(15-44)42-30(51)19(7-9-25(36)45)39-29(50)20(8-10-27(47)48)38-28(49)18(35)14-26(37)46/h16-24,44H,5-15,35H2,1-4H3,(H2,36,45)(H2,37,46)(H,38,49)(H,39,50)(H,40,53)(H,41,52)(H,42,51)(H,47,48)(H,55,56)/t18-,19-,20-,21-,22-,23-,24-/m0/s1. The molecular formula is C34H57N9O13. The Kier molecular flexibility index (Phi) is 20.4. The Morgan fingerprint density at radius 2 is 1.14 bits per heavy atom. The summed E-state index contributed by atoms with van der Waals surface area (Å²) in [7, 11) is 0. The smallest absolute Gasteiger partial charge is 0.326 e. The Morgan fingerprint density at radius 3 is 1.62 bits per heavy atom. The Labute approximate surface area is 323 Å². The first-order chi connectivity index (χ1) is 26.1. The number of carbonyl (C=O) groups excluding carboxylic acids is 8. The van der Waals surface area contributed by atoms with E-state index in [2.05, 4.69) is 26.6 Å². The fourth-order valence-corrected chi connectivity index (χ4v) is 5.85. The van der Waals surface area contributed by atoms with Crippen LogP contribution in [0.4, 0.5) is 0 Å². The Morgan fingerprint density at radius 1 is 0.661 bits per heavy atom. The summed E-state index contributed by atoms with van der Waals surface area (Å²) in [6, 6.07) is -9.91. The molecule has 0 unspecified atom stereocenters. The zero-order valence-electron chi connectivity index (χ0n) is 32.1. The molecule has 0 radical (unpaired) electrons. The number of rotatable bonds is 25. The van der Waals surface area contributed by atoms with Crippen LogP contribution >= 0.6 is 0 Å². The van der Waals surface area contributed by atoms with Crippen LogP contribution in [0, 0.1) is 11.8 Å². The fraction of sp³-hybridized carbons (Fsp3) is 0.706. The summed E-state index contributed by atoms with van der Waals surface area (Å²) in [4.78, 5) is 127. The van der Waals surface area contributed by atoms with Gasteiger partial charge in [0.1, 0.15) is 36.3 Å². The van der Waals surface area contributed by atoms with Gasteiger partial charge in [-0.05, 0) is 50.4 Å². The highest BCUT2D eigenvalue weighted by Crippen LogP contribution is 2.20. The van der Waals surface area contributed by atoms with Crippen molar-refractivity contribution in [1.82, 2.24) is 31.5 Å². The van der Waals surface area contributed by atoms with Crippen molar-refractivity contribution in [2.45, 2.75) is 128 Å². The maximum Gasteiger partial charge on any atom is 0.326 e. The van der Waals surface area contributed by atoms with E-state index in [0.717, 1.165) is 4.90 Å². The van der Waals surface area contributed by atoms with Crippen molar-refractivity contribution >= 4 is 59.2 Å². The topological polar surface area (TPSA) is 373 Å². The van der Waals surface area contributed by atoms with Gasteiger partial charge in [0.05, 0.1) is 19.1 Å². The van der Waals surface area contributed by atoms with Gasteiger partial charge < -0.3 is 64.0 Å². The SMILES string of the molecule is CC(C)C[C@H](NC(=O)[C@H](CC(C)C)NC(=O)[C@@H]1CCCN1C(=O)[C@H](CO)NC(=O)[C@H](CCC(N)=O)NC(=O)[C@H](CCC(=O)O)NC(=O)[C@@H](N)CC(N)=O)C(=O)O. The monoisotopic (exact) mass is 799 g/mol. The third-order valence-corrected chi connectivity index (χ3v) is 8.65. The van der Waals surface area contributed by atoms with Gasteiger partial charge in [0, 0.05) is 19.4 Å². The third-order valence-electron chi connectivity index (χ3n) is 8.65. The minimum Gasteiger partial charge on any atom is -0.481 e. The van der Waals surface area contributed by atoms with E-state index in [-0.39, 0.29) is 37.6 Å². The van der Waals surface area contributed by atoms with Crippen molar-refractivity contribution in [2.75, 3.05) is 13.2 Å². The van der Waals surface area contributed by atoms with E-state index in [1.165, 1.54) is 0 Å². The molecule has 56 heavy (non-hydrogen) atoms. The normalized spacial score (nSPS) is 17.1. The maximum absolute atomic E-state index is 13.7. The van der Waals surface area contributed by atoms with Gasteiger partial charge >= 0.3 is 11.9 Å². The first-order valence-electron chi connectivity index (χ1n) is 18.3. The average molecular weight is 800 g/mol. The molecule has 0 aromatic carbocycles. The largest absolute Gasteiger partial charge is 0.481 e. The van der Waals surface area contributed by atoms with E-state index in [4.69, 9.17) is 22.3 Å². The molecule has 0 aromatic heterocycles. The van der Waals surface area contributed by atoms with E-state index in [1.54, 1.807) is 27.7 Å². The van der Waals surface area contributed by atoms with Crippen LogP contribution in [0.2, 0.25) is 0 Å². The number of aliphatic hydroxyl groups is 1. The molecule has 22 nitrogen and oxygen atoms in total. The second-order valence-corrected chi connectivity index (χ2v) is 14.5. The van der Waals surface area contributed by atoms with E-state index >= 15 is 0 Å². The second kappa shape index (κ2) is 23.5. The van der Waals surface area contributed by atoms with Crippen LogP contribution in [0.25, 0.3) is 0 Å². The van der Waals surface area contributed by atoms with Crippen LogP contribution in [0.1, 0.15) is 85.5 Å². The molecular weight excluding hydrogens is 742 g/mol. The van der Waals surface area contributed by atoms with Gasteiger partial charge in [0.25, 0.3) is 0 Å². The number of nitrogens with one attached hydrogen (secondary N) is 5. The molecule has 1 heterocycles. The van der Waals surface area contributed by atoms with E-state index in [9.17, 15) is 58.2 Å². The van der Waals surface area contributed by atoms with Crippen LogP contribution in [0.3, 0.4) is 0 Å². The Balaban J connectivity index is 3.22. The van der Waals surface area contributed by atoms with Crippen LogP contribution < -0.4 is 43.8 Å². The van der Waals surface area contributed by atoms with Crippen LogP contribution in [-0.4, -0.2) is 135 Å². The lowest BCUT2D eigenvalue weighted by Crippen LogP contribution is -2.60. The Bertz CT molecular complexity index is 1460. The van der Waals surface area contributed by atoms with Crippen molar-refractivity contribution in [1.29, 1.82) is 0 Å². The van der Waals surface area contributed by atoms with Gasteiger partial charge in [-0.15, -0.1) is 0 Å². The molecule has 0 bridgehead atoms. The molecule has 1 rings (SSSR count). The first-order valence-corrected chi connectivity index (χ1v) is 18.3. The van der Waals surface area contributed by atoms with Gasteiger partial charge in [-0.2, -0.15) is 0 Å². The predicted molar refractivity (Wildman–Crippen MR) is 195 cm³/mol. The van der Waals surface area contributed by atoms with Gasteiger partial charge in [-0.25, -0.2) is 4.79 Å². The highest BCUT2D eigenvalue weighted by atomic mass is 16.4. The molecule has 8 amide bonds. The number of primary amides is 2. The van der Waals surface area contributed by atoms with Crippen molar-refractivity contribution in [2.24, 2.45) is 29.0 Å². The number of carboxylic acid groups (broad SMARTS) is 2. The fourth-order valence-electron chi connectivity index (χ4n) is 5.85. The van der Waals surface area contributed by atoms with E-state index < -0.39 is 140 Å². The quantitative estimate of drug-likeness (QED) is 0.0418. The minimum atomic E-state index is -1.68. The summed E-state index contributed by atoms with van der Waals surface area (Å²) in [5.74, 6) is -10.1. The lowest BCUT2D eigenvalue weighted by molar-refractivity contribution is -0.144. The molecule has 0 aliphatic carbocycles. The zero-order valence-corrected chi connectivity index (χ0v) is 32.1. The number of likely N-dealkylation sites (tertiary alicyclic amines) is 1. The summed E-state index contributed by atoms with van der Waals surface area (Å²) in [6.45, 7) is 6.20. The number of hydrogen-bond donors (Lipinski definition) is 11. The number of amides is 8. The second-order valence-electron chi connectivity index (χ2n) is 14.5. The van der Waals surface area contributed by atoms with Gasteiger partial charge in [-0.3, -0.25) is 43.2 Å². The molecule has 0 spiro atoms. The lowest BCUT2D eigenvalue weighted by atomic mass is 10.00. The van der Waals surface area contributed by atoms with Crippen LogP contribution in [-0.2, 0) is 47.9 Å². The predicted octanol–water partition coefficient (Wildman–Crippen LogP) is -4.10. The summed E-state index contributed by atoms with van der Waals surface area (Å²) in [5.41, 5.74) is 15.9. The van der Waals surface area contributed by atoms with Crippen molar-refractivity contribution in [3.05, 3.63) is 0 Å². The molecule has 1 saturated heterocycles. The first kappa shape index (κ1) is 48.6. The molecule has 1 aliphatic rings. The summed E-state index contributed by atoms with van der Waals surface area (Å²) in [6.07, 6.45) is -1.86. The van der Waals surface area contributed by atoms with Gasteiger partial charge in [-0.1, -0.05) is 27.7 Å². The molecule has 1 aliphatic heterocycles. The lowest BCUT2D eigenvalue weighted by Gasteiger charge is -2.30. The molecule has 14 N–H and O–H groups in total. The van der Waals surface area contributed by atoms with E-state index in [1.807, 2.05) is 0 Å².